The third-order valence-corrected chi connectivity index (χ3v) is 5.21. The van der Waals surface area contributed by atoms with Crippen molar-refractivity contribution in [1.29, 1.82) is 0 Å². The number of pyridine rings is 1. The molecule has 1 aromatic carbocycles. The Morgan fingerprint density at radius 2 is 1.83 bits per heavy atom. The summed E-state index contributed by atoms with van der Waals surface area (Å²) in [4.78, 5) is 23.4. The van der Waals surface area contributed by atoms with Crippen LogP contribution in [0.4, 0.5) is 0 Å². The Hall–Kier alpha value is -2.16. The van der Waals surface area contributed by atoms with Gasteiger partial charge in [-0.15, -0.1) is 24.0 Å². The van der Waals surface area contributed by atoms with Crippen molar-refractivity contribution in [2.45, 2.75) is 32.7 Å². The molecule has 2 N–H and O–H groups in total. The van der Waals surface area contributed by atoms with Crippen molar-refractivity contribution in [2.24, 2.45) is 10.9 Å². The summed E-state index contributed by atoms with van der Waals surface area (Å²) in [5, 5.41) is 6.34. The van der Waals surface area contributed by atoms with Gasteiger partial charge in [-0.25, -0.2) is 4.99 Å². The second kappa shape index (κ2) is 13.2. The number of halogens is 1. The number of carbonyl (C=O) groups excluding carboxylic acids is 1. The number of hydrogen-bond acceptors (Lipinski definition) is 3. The third kappa shape index (κ3) is 7.93. The maximum absolute atomic E-state index is 12.6. The molecule has 0 aliphatic carbocycles. The first-order valence-corrected chi connectivity index (χ1v) is 10.5. The molecule has 30 heavy (non-hydrogen) atoms. The minimum absolute atomic E-state index is 0. The van der Waals surface area contributed by atoms with E-state index < -0.39 is 0 Å². The summed E-state index contributed by atoms with van der Waals surface area (Å²) in [6.07, 6.45) is 4.99. The molecule has 0 spiro atoms. The van der Waals surface area contributed by atoms with E-state index >= 15 is 0 Å². The number of aromatic nitrogens is 1. The van der Waals surface area contributed by atoms with E-state index in [-0.39, 0.29) is 36.4 Å². The Morgan fingerprint density at radius 3 is 2.50 bits per heavy atom. The van der Waals surface area contributed by atoms with E-state index in [0.717, 1.165) is 44.6 Å². The Bertz CT molecular complexity index is 777. The van der Waals surface area contributed by atoms with Gasteiger partial charge in [0.2, 0.25) is 5.91 Å². The molecule has 7 heteroatoms. The zero-order valence-electron chi connectivity index (χ0n) is 17.6. The van der Waals surface area contributed by atoms with Gasteiger partial charge in [0, 0.05) is 25.8 Å². The second-order valence-corrected chi connectivity index (χ2v) is 7.38. The van der Waals surface area contributed by atoms with E-state index in [0.29, 0.717) is 18.4 Å². The van der Waals surface area contributed by atoms with Gasteiger partial charge < -0.3 is 15.5 Å². The molecule has 6 nitrogen and oxygen atoms in total. The zero-order chi connectivity index (χ0) is 20.3. The lowest BCUT2D eigenvalue weighted by Crippen LogP contribution is -2.47. The van der Waals surface area contributed by atoms with E-state index in [4.69, 9.17) is 0 Å². The van der Waals surface area contributed by atoms with Crippen molar-refractivity contribution >= 4 is 35.8 Å². The molecule has 1 aliphatic rings. The van der Waals surface area contributed by atoms with Crippen LogP contribution in [0.5, 0.6) is 0 Å². The second-order valence-electron chi connectivity index (χ2n) is 7.38. The Kier molecular flexibility index (Phi) is 10.6. The standard InChI is InChI=1S/C23H31N5O.HI/c1-2-24-23(26-17-21-10-6-7-13-25-21)27-18-22(29)28-14-11-20(12-15-28)16-19-8-4-3-5-9-19;/h3-10,13,20H,2,11-12,14-18H2,1H3,(H2,24,26,27);1H. The van der Waals surface area contributed by atoms with Gasteiger partial charge >= 0.3 is 0 Å². The van der Waals surface area contributed by atoms with Gasteiger partial charge in [0.05, 0.1) is 18.8 Å². The maximum Gasteiger partial charge on any atom is 0.241 e. The van der Waals surface area contributed by atoms with Crippen LogP contribution in [0.2, 0.25) is 0 Å². The molecular weight excluding hydrogens is 489 g/mol. The molecule has 1 aliphatic heterocycles. The first-order valence-electron chi connectivity index (χ1n) is 10.5. The van der Waals surface area contributed by atoms with Crippen molar-refractivity contribution in [1.82, 2.24) is 20.5 Å². The largest absolute Gasteiger partial charge is 0.357 e. The first kappa shape index (κ1) is 24.1. The van der Waals surface area contributed by atoms with Gasteiger partial charge in [-0.1, -0.05) is 36.4 Å². The zero-order valence-corrected chi connectivity index (χ0v) is 19.9. The predicted octanol–water partition coefficient (Wildman–Crippen LogP) is 3.24. The number of nitrogens with zero attached hydrogens (tertiary/aromatic N) is 3. The van der Waals surface area contributed by atoms with Crippen LogP contribution in [-0.4, -0.2) is 47.9 Å². The number of carbonyl (C=O) groups is 1. The highest BCUT2D eigenvalue weighted by Crippen LogP contribution is 2.21. The smallest absolute Gasteiger partial charge is 0.241 e. The van der Waals surface area contributed by atoms with Crippen molar-refractivity contribution in [3.63, 3.8) is 0 Å². The summed E-state index contributed by atoms with van der Waals surface area (Å²) in [5.41, 5.74) is 2.29. The molecule has 0 atom stereocenters. The lowest BCUT2D eigenvalue weighted by molar-refractivity contribution is -0.131. The average molecular weight is 521 g/mol. The lowest BCUT2D eigenvalue weighted by atomic mass is 9.90. The third-order valence-electron chi connectivity index (χ3n) is 5.21. The van der Waals surface area contributed by atoms with E-state index in [2.05, 4.69) is 50.9 Å². The molecular formula is C23H32IN5O. The fourth-order valence-corrected chi connectivity index (χ4v) is 3.60. The van der Waals surface area contributed by atoms with Crippen LogP contribution in [0.3, 0.4) is 0 Å². The molecule has 1 fully saturated rings. The summed E-state index contributed by atoms with van der Waals surface area (Å²) in [7, 11) is 0. The van der Waals surface area contributed by atoms with Crippen molar-refractivity contribution < 1.29 is 4.79 Å². The molecule has 0 bridgehead atoms. The number of hydrogen-bond donors (Lipinski definition) is 2. The van der Waals surface area contributed by atoms with Gasteiger partial charge in [0.15, 0.2) is 5.96 Å². The van der Waals surface area contributed by atoms with Crippen LogP contribution in [0.25, 0.3) is 0 Å². The monoisotopic (exact) mass is 521 g/mol. The summed E-state index contributed by atoms with van der Waals surface area (Å²) in [6.45, 7) is 5.16. The number of nitrogens with one attached hydrogen (secondary N) is 2. The van der Waals surface area contributed by atoms with Crippen LogP contribution in [0.1, 0.15) is 31.0 Å². The van der Waals surface area contributed by atoms with Crippen molar-refractivity contribution in [3.8, 4) is 0 Å². The minimum Gasteiger partial charge on any atom is -0.357 e. The van der Waals surface area contributed by atoms with E-state index in [1.165, 1.54) is 5.56 Å². The number of amides is 1. The molecule has 162 valence electrons. The molecule has 1 saturated heterocycles. The minimum atomic E-state index is 0. The van der Waals surface area contributed by atoms with Gasteiger partial charge in [-0.05, 0) is 49.8 Å². The number of aliphatic imine (C=N–C) groups is 1. The Balaban J connectivity index is 0.00000320. The number of likely N-dealkylation sites (tertiary alicyclic amines) is 1. The quantitative estimate of drug-likeness (QED) is 0.334. The number of rotatable bonds is 7. The summed E-state index contributed by atoms with van der Waals surface area (Å²) in [5.74, 6) is 1.43. The molecule has 0 radical (unpaired) electrons. The van der Waals surface area contributed by atoms with Crippen molar-refractivity contribution in [2.75, 3.05) is 26.2 Å². The molecule has 0 saturated carbocycles. The van der Waals surface area contributed by atoms with Gasteiger partial charge in [-0.3, -0.25) is 9.78 Å². The number of benzene rings is 1. The fourth-order valence-electron chi connectivity index (χ4n) is 3.60. The first-order chi connectivity index (χ1) is 14.2. The SMILES string of the molecule is CCNC(=NCc1ccccn1)NCC(=O)N1CCC(Cc2ccccc2)CC1.I. The lowest BCUT2D eigenvalue weighted by Gasteiger charge is -2.32. The fraction of sp³-hybridized carbons (Fsp3) is 0.435. The van der Waals surface area contributed by atoms with Crippen LogP contribution < -0.4 is 10.6 Å². The molecule has 1 amide bonds. The summed E-state index contributed by atoms with van der Waals surface area (Å²) < 4.78 is 0. The van der Waals surface area contributed by atoms with Gasteiger partial charge in [0.1, 0.15) is 0 Å². The van der Waals surface area contributed by atoms with Crippen molar-refractivity contribution in [3.05, 3.63) is 66.0 Å². The van der Waals surface area contributed by atoms with Crippen LogP contribution in [-0.2, 0) is 17.8 Å². The molecule has 3 rings (SSSR count). The van der Waals surface area contributed by atoms with Gasteiger partial charge in [-0.2, -0.15) is 0 Å². The molecule has 1 aromatic heterocycles. The summed E-state index contributed by atoms with van der Waals surface area (Å²) in [6, 6.07) is 16.4. The molecule has 2 heterocycles. The number of piperidine rings is 1. The molecule has 2 aromatic rings. The number of guanidine groups is 1. The topological polar surface area (TPSA) is 69.6 Å². The summed E-state index contributed by atoms with van der Waals surface area (Å²) >= 11 is 0. The van der Waals surface area contributed by atoms with Gasteiger partial charge in [0.25, 0.3) is 0 Å². The normalized spacial score (nSPS) is 14.7. The van der Waals surface area contributed by atoms with E-state index in [9.17, 15) is 4.79 Å². The van der Waals surface area contributed by atoms with Crippen LogP contribution in [0, 0.1) is 5.92 Å². The average Bonchev–Trinajstić information content (AvgIpc) is 2.77. The highest BCUT2D eigenvalue weighted by atomic mass is 127. The highest BCUT2D eigenvalue weighted by Gasteiger charge is 2.22. The van der Waals surface area contributed by atoms with E-state index in [1.54, 1.807) is 6.20 Å². The van der Waals surface area contributed by atoms with E-state index in [1.807, 2.05) is 30.0 Å². The predicted molar refractivity (Wildman–Crippen MR) is 132 cm³/mol. The Morgan fingerprint density at radius 1 is 1.10 bits per heavy atom. The Labute approximate surface area is 196 Å². The van der Waals surface area contributed by atoms with Crippen LogP contribution >= 0.6 is 24.0 Å². The maximum atomic E-state index is 12.6. The van der Waals surface area contributed by atoms with Crippen LogP contribution in [0.15, 0.2) is 59.7 Å². The highest BCUT2D eigenvalue weighted by molar-refractivity contribution is 14.0. The molecule has 0 unspecified atom stereocenters.